The van der Waals surface area contributed by atoms with E-state index in [1.807, 2.05) is 0 Å². The van der Waals surface area contributed by atoms with Crippen molar-refractivity contribution in [2.24, 2.45) is 0 Å². The molecule has 124 valence electrons. The van der Waals surface area contributed by atoms with Crippen LogP contribution in [-0.4, -0.2) is 25.7 Å². The van der Waals surface area contributed by atoms with Gasteiger partial charge in [0.2, 0.25) is 11.7 Å². The highest BCUT2D eigenvalue weighted by atomic mass is 19.4. The lowest BCUT2D eigenvalue weighted by Crippen LogP contribution is -2.04. The minimum Gasteiger partial charge on any atom is -0.406 e. The molecule has 0 spiro atoms. The molecule has 7 nitrogen and oxygen atoms in total. The summed E-state index contributed by atoms with van der Waals surface area (Å²) in [7, 11) is 0. The van der Waals surface area contributed by atoms with Crippen LogP contribution in [0, 0.1) is 0 Å². The lowest BCUT2D eigenvalue weighted by molar-refractivity contribution is -0.159. The van der Waals surface area contributed by atoms with Crippen molar-refractivity contribution in [3.8, 4) is 23.0 Å². The van der Waals surface area contributed by atoms with Gasteiger partial charge >= 0.3 is 18.0 Å². The molecular formula is C14H9F3N4O3. The van der Waals surface area contributed by atoms with Crippen LogP contribution < -0.4 is 4.74 Å². The second-order valence-corrected chi connectivity index (χ2v) is 4.68. The molecule has 0 aliphatic rings. The number of alkyl halides is 3. The molecule has 0 saturated heterocycles. The molecule has 0 aliphatic carbocycles. The number of esters is 1. The maximum atomic E-state index is 12.5. The lowest BCUT2D eigenvalue weighted by Gasteiger charge is -2.02. The number of rotatable bonds is 3. The van der Waals surface area contributed by atoms with Crippen LogP contribution in [-0.2, 0) is 11.0 Å². The molecule has 24 heavy (non-hydrogen) atoms. The van der Waals surface area contributed by atoms with Gasteiger partial charge in [0.25, 0.3) is 0 Å². The SMILES string of the molecule is CC(=O)Oc1cn(-c2ccc(-c3noc(C(F)(F)F)n3)cc2)cn1. The summed E-state index contributed by atoms with van der Waals surface area (Å²) in [6, 6.07) is 6.31. The highest BCUT2D eigenvalue weighted by Crippen LogP contribution is 2.29. The molecule has 3 rings (SSSR count). The van der Waals surface area contributed by atoms with Crippen molar-refractivity contribution in [2.75, 3.05) is 0 Å². The Labute approximate surface area is 132 Å². The topological polar surface area (TPSA) is 83.0 Å². The van der Waals surface area contributed by atoms with Gasteiger partial charge in [-0.25, -0.2) is 4.98 Å². The lowest BCUT2D eigenvalue weighted by atomic mass is 10.2. The van der Waals surface area contributed by atoms with E-state index in [1.54, 1.807) is 16.7 Å². The van der Waals surface area contributed by atoms with Gasteiger partial charge in [0.1, 0.15) is 6.33 Å². The summed E-state index contributed by atoms with van der Waals surface area (Å²) < 4.78 is 48.0. The zero-order chi connectivity index (χ0) is 17.3. The summed E-state index contributed by atoms with van der Waals surface area (Å²) in [6.45, 7) is 1.26. The van der Waals surface area contributed by atoms with E-state index in [9.17, 15) is 18.0 Å². The molecule has 2 aromatic heterocycles. The molecule has 0 saturated carbocycles. The molecule has 0 bridgehead atoms. The Kier molecular flexibility index (Phi) is 3.80. The van der Waals surface area contributed by atoms with Crippen LogP contribution in [0.2, 0.25) is 0 Å². The quantitative estimate of drug-likeness (QED) is 0.683. The van der Waals surface area contributed by atoms with Gasteiger partial charge in [0, 0.05) is 18.2 Å². The highest BCUT2D eigenvalue weighted by molar-refractivity contribution is 5.68. The zero-order valence-corrected chi connectivity index (χ0v) is 12.1. The predicted octanol–water partition coefficient (Wildman–Crippen LogP) is 2.87. The molecule has 10 heteroatoms. The number of benzene rings is 1. The minimum absolute atomic E-state index is 0.138. The van der Waals surface area contributed by atoms with E-state index in [4.69, 9.17) is 4.74 Å². The van der Waals surface area contributed by atoms with Gasteiger partial charge in [-0.1, -0.05) is 5.16 Å². The maximum absolute atomic E-state index is 12.5. The second kappa shape index (κ2) is 5.80. The molecule has 0 radical (unpaired) electrons. The van der Waals surface area contributed by atoms with Crippen LogP contribution in [0.4, 0.5) is 13.2 Å². The first-order valence-corrected chi connectivity index (χ1v) is 6.57. The van der Waals surface area contributed by atoms with E-state index in [0.29, 0.717) is 11.3 Å². The third-order valence-electron chi connectivity index (χ3n) is 2.90. The average Bonchev–Trinajstić information content (AvgIpc) is 3.15. The fourth-order valence-corrected chi connectivity index (χ4v) is 1.88. The Morgan fingerprint density at radius 1 is 1.25 bits per heavy atom. The van der Waals surface area contributed by atoms with E-state index in [1.165, 1.54) is 31.6 Å². The van der Waals surface area contributed by atoms with E-state index < -0.39 is 18.0 Å². The van der Waals surface area contributed by atoms with Gasteiger partial charge in [-0.2, -0.15) is 18.2 Å². The minimum atomic E-state index is -4.69. The Morgan fingerprint density at radius 3 is 2.54 bits per heavy atom. The zero-order valence-electron chi connectivity index (χ0n) is 12.1. The normalized spacial score (nSPS) is 11.5. The van der Waals surface area contributed by atoms with Gasteiger partial charge < -0.3 is 13.8 Å². The van der Waals surface area contributed by atoms with Crippen LogP contribution >= 0.6 is 0 Å². The van der Waals surface area contributed by atoms with Gasteiger partial charge in [-0.05, 0) is 24.3 Å². The van der Waals surface area contributed by atoms with E-state index >= 15 is 0 Å². The molecule has 3 aromatic rings. The summed E-state index contributed by atoms with van der Waals surface area (Å²) >= 11 is 0. The van der Waals surface area contributed by atoms with Gasteiger partial charge in [-0.3, -0.25) is 4.79 Å². The summed E-state index contributed by atoms with van der Waals surface area (Å²) in [4.78, 5) is 18.1. The van der Waals surface area contributed by atoms with Gasteiger partial charge in [-0.15, -0.1) is 0 Å². The Morgan fingerprint density at radius 2 is 1.96 bits per heavy atom. The third-order valence-corrected chi connectivity index (χ3v) is 2.90. The number of carbonyl (C=O) groups excluding carboxylic acids is 1. The van der Waals surface area contributed by atoms with Gasteiger partial charge in [0.05, 0.1) is 6.20 Å². The van der Waals surface area contributed by atoms with E-state index in [2.05, 4.69) is 19.6 Å². The Balaban J connectivity index is 1.81. The molecule has 2 heterocycles. The molecule has 0 aliphatic heterocycles. The molecule has 0 atom stereocenters. The molecule has 0 fully saturated rings. The molecule has 1 aromatic carbocycles. The fraction of sp³-hybridized carbons (Fsp3) is 0.143. The third kappa shape index (κ3) is 3.26. The highest BCUT2D eigenvalue weighted by Gasteiger charge is 2.38. The van der Waals surface area contributed by atoms with Crippen molar-refractivity contribution in [1.82, 2.24) is 19.7 Å². The maximum Gasteiger partial charge on any atom is 0.471 e. The fourth-order valence-electron chi connectivity index (χ4n) is 1.88. The van der Waals surface area contributed by atoms with E-state index in [0.717, 1.165) is 0 Å². The smallest absolute Gasteiger partial charge is 0.406 e. The van der Waals surface area contributed by atoms with Crippen molar-refractivity contribution in [1.29, 1.82) is 0 Å². The second-order valence-electron chi connectivity index (χ2n) is 4.68. The number of nitrogens with zero attached hydrogens (tertiary/aromatic N) is 4. The van der Waals surface area contributed by atoms with Gasteiger partial charge in [0.15, 0.2) is 0 Å². The molecular weight excluding hydrogens is 329 g/mol. The van der Waals surface area contributed by atoms with Crippen molar-refractivity contribution in [2.45, 2.75) is 13.1 Å². The number of aromatic nitrogens is 4. The number of halogens is 3. The van der Waals surface area contributed by atoms with Crippen LogP contribution in [0.15, 0.2) is 41.3 Å². The van der Waals surface area contributed by atoms with Crippen LogP contribution in [0.5, 0.6) is 5.88 Å². The van der Waals surface area contributed by atoms with E-state index in [-0.39, 0.29) is 11.7 Å². The molecule has 0 N–H and O–H groups in total. The number of hydrogen-bond acceptors (Lipinski definition) is 6. The summed E-state index contributed by atoms with van der Waals surface area (Å²) in [5, 5.41) is 3.31. The first-order valence-electron chi connectivity index (χ1n) is 6.57. The standard InChI is InChI=1S/C14H9F3N4O3/c1-8(22)23-11-6-21(7-18-11)10-4-2-9(3-5-10)12-19-13(24-20-12)14(15,16)17/h2-7H,1H3. The monoisotopic (exact) mass is 338 g/mol. The Hall–Kier alpha value is -3.17. The summed E-state index contributed by atoms with van der Waals surface area (Å²) in [5.74, 6) is -1.92. The largest absolute Gasteiger partial charge is 0.471 e. The molecule has 0 amide bonds. The number of hydrogen-bond donors (Lipinski definition) is 0. The number of ether oxygens (including phenoxy) is 1. The van der Waals surface area contributed by atoms with Crippen LogP contribution in [0.3, 0.4) is 0 Å². The Bertz CT molecular complexity index is 868. The van der Waals surface area contributed by atoms with Crippen molar-refractivity contribution in [3.05, 3.63) is 42.7 Å². The van der Waals surface area contributed by atoms with Crippen molar-refractivity contribution >= 4 is 5.97 Å². The van der Waals surface area contributed by atoms with Crippen molar-refractivity contribution in [3.63, 3.8) is 0 Å². The summed E-state index contributed by atoms with van der Waals surface area (Å²) in [5.41, 5.74) is 1.02. The summed E-state index contributed by atoms with van der Waals surface area (Å²) in [6.07, 6.45) is -1.76. The van der Waals surface area contributed by atoms with Crippen LogP contribution in [0.1, 0.15) is 12.8 Å². The molecule has 0 unspecified atom stereocenters. The number of imidazole rings is 1. The number of carbonyl (C=O) groups is 1. The van der Waals surface area contributed by atoms with Crippen LogP contribution in [0.25, 0.3) is 17.1 Å². The first-order chi connectivity index (χ1) is 11.3. The predicted molar refractivity (Wildman–Crippen MR) is 73.2 cm³/mol. The van der Waals surface area contributed by atoms with Crippen molar-refractivity contribution < 1.29 is 27.2 Å². The average molecular weight is 338 g/mol. The first kappa shape index (κ1) is 15.7.